The van der Waals surface area contributed by atoms with E-state index in [9.17, 15) is 13.2 Å². The van der Waals surface area contributed by atoms with Crippen LogP contribution >= 0.6 is 11.3 Å². The summed E-state index contributed by atoms with van der Waals surface area (Å²) in [4.78, 5) is 22.5. The van der Waals surface area contributed by atoms with Gasteiger partial charge >= 0.3 is 0 Å². The van der Waals surface area contributed by atoms with E-state index in [1.54, 1.807) is 31.2 Å². The number of likely N-dealkylation sites (N-methyl/N-ethyl adjacent to an activating group) is 1. The van der Waals surface area contributed by atoms with Gasteiger partial charge in [-0.25, -0.2) is 17.7 Å². The zero-order valence-electron chi connectivity index (χ0n) is 21.7. The van der Waals surface area contributed by atoms with Gasteiger partial charge < -0.3 is 9.64 Å². The maximum atomic E-state index is 13.7. The van der Waals surface area contributed by atoms with Crippen molar-refractivity contribution in [1.29, 1.82) is 0 Å². The first-order valence-electron chi connectivity index (χ1n) is 12.3. The molecule has 1 amide bonds. The normalized spacial score (nSPS) is 12.0. The Morgan fingerprint density at radius 1 is 1.00 bits per heavy atom. The number of nitrogens with zero attached hydrogens (tertiary/aromatic N) is 4. The predicted molar refractivity (Wildman–Crippen MR) is 147 cm³/mol. The Kier molecular flexibility index (Phi) is 9.84. The van der Waals surface area contributed by atoms with Gasteiger partial charge in [-0.3, -0.25) is 9.69 Å². The average Bonchev–Trinajstić information content (AvgIpc) is 3.32. The van der Waals surface area contributed by atoms with Crippen molar-refractivity contribution < 1.29 is 17.9 Å². The van der Waals surface area contributed by atoms with Crippen LogP contribution in [0.15, 0.2) is 47.4 Å². The number of sulfonamides is 1. The van der Waals surface area contributed by atoms with Crippen LogP contribution in [0.1, 0.15) is 44.0 Å². The summed E-state index contributed by atoms with van der Waals surface area (Å²) >= 11 is 1.45. The van der Waals surface area contributed by atoms with Gasteiger partial charge in [0.05, 0.1) is 22.2 Å². The lowest BCUT2D eigenvalue weighted by atomic mass is 10.2. The molecule has 196 valence electrons. The molecule has 0 spiro atoms. The molecule has 10 heteroatoms. The molecule has 0 fully saturated rings. The quantitative estimate of drug-likeness (QED) is 0.317. The molecule has 0 unspecified atom stereocenters. The number of carbonyl (C=O) groups is 1. The maximum Gasteiger partial charge on any atom is 0.260 e. The first kappa shape index (κ1) is 28.0. The van der Waals surface area contributed by atoms with Crippen LogP contribution in [0.25, 0.3) is 10.2 Å². The van der Waals surface area contributed by atoms with Gasteiger partial charge in [-0.05, 0) is 55.9 Å². The number of rotatable bonds is 13. The topological polar surface area (TPSA) is 83.1 Å². The number of hydrogen-bond donors (Lipinski definition) is 0. The van der Waals surface area contributed by atoms with E-state index in [2.05, 4.69) is 18.7 Å². The molecule has 0 aliphatic heterocycles. The molecule has 3 aromatic rings. The fraction of sp³-hybridized carbons (Fsp3) is 0.462. The van der Waals surface area contributed by atoms with Gasteiger partial charge in [0.15, 0.2) is 5.13 Å². The SMILES string of the molecule is CCCCN(C)S(=O)(=O)c1ccc(C(=O)N(CCN(CC)CC)c2nc3cc(OC)ccc3s2)cc1. The molecule has 0 bridgehead atoms. The van der Waals surface area contributed by atoms with Crippen LogP contribution < -0.4 is 9.64 Å². The number of hydrogen-bond acceptors (Lipinski definition) is 7. The Labute approximate surface area is 218 Å². The average molecular weight is 533 g/mol. The van der Waals surface area contributed by atoms with Crippen molar-refractivity contribution >= 4 is 42.6 Å². The highest BCUT2D eigenvalue weighted by Gasteiger charge is 2.24. The summed E-state index contributed by atoms with van der Waals surface area (Å²) < 4.78 is 33.4. The van der Waals surface area contributed by atoms with Crippen molar-refractivity contribution in [1.82, 2.24) is 14.2 Å². The van der Waals surface area contributed by atoms with Crippen molar-refractivity contribution in [3.8, 4) is 5.75 Å². The van der Waals surface area contributed by atoms with E-state index < -0.39 is 10.0 Å². The third-order valence-electron chi connectivity index (χ3n) is 6.23. The van der Waals surface area contributed by atoms with Crippen molar-refractivity contribution in [2.75, 3.05) is 51.8 Å². The molecule has 0 aliphatic carbocycles. The van der Waals surface area contributed by atoms with Gasteiger partial charge in [0.25, 0.3) is 5.91 Å². The third kappa shape index (κ3) is 6.42. The van der Waals surface area contributed by atoms with Crippen molar-refractivity contribution in [3.05, 3.63) is 48.0 Å². The number of aromatic nitrogens is 1. The first-order chi connectivity index (χ1) is 17.2. The van der Waals surface area contributed by atoms with E-state index in [0.717, 1.165) is 36.1 Å². The zero-order valence-corrected chi connectivity index (χ0v) is 23.4. The molecule has 0 atom stereocenters. The van der Waals surface area contributed by atoms with Crippen LogP contribution in [-0.4, -0.2) is 75.4 Å². The molecule has 0 saturated carbocycles. The van der Waals surface area contributed by atoms with Gasteiger partial charge in [0.2, 0.25) is 10.0 Å². The fourth-order valence-corrected chi connectivity index (χ4v) is 5.99. The lowest BCUT2D eigenvalue weighted by Crippen LogP contribution is -2.38. The lowest BCUT2D eigenvalue weighted by molar-refractivity contribution is 0.0983. The van der Waals surface area contributed by atoms with Crippen molar-refractivity contribution in [2.45, 2.75) is 38.5 Å². The second kappa shape index (κ2) is 12.6. The Balaban J connectivity index is 1.91. The highest BCUT2D eigenvalue weighted by atomic mass is 32.2. The van der Waals surface area contributed by atoms with Crippen LogP contribution in [0, 0.1) is 0 Å². The van der Waals surface area contributed by atoms with Crippen molar-refractivity contribution in [2.24, 2.45) is 0 Å². The van der Waals surface area contributed by atoms with Crippen molar-refractivity contribution in [3.63, 3.8) is 0 Å². The number of amides is 1. The Hall–Kier alpha value is -2.53. The second-order valence-corrected chi connectivity index (χ2v) is 11.6. The van der Waals surface area contributed by atoms with Gasteiger partial charge in [-0.1, -0.05) is 38.5 Å². The summed E-state index contributed by atoms with van der Waals surface area (Å²) in [5.41, 5.74) is 1.19. The van der Waals surface area contributed by atoms with Gasteiger partial charge in [-0.15, -0.1) is 0 Å². The van der Waals surface area contributed by atoms with Crippen LogP contribution in [0.5, 0.6) is 5.75 Å². The van der Waals surface area contributed by atoms with Crippen LogP contribution in [-0.2, 0) is 10.0 Å². The standard InChI is InChI=1S/C26H36N4O4S2/c1-6-9-16-28(4)36(32,33)22-13-10-20(11-14-22)25(31)30(18-17-29(7-2)8-3)26-27-23-19-21(34-5)12-15-24(23)35-26/h10-15,19H,6-9,16-18H2,1-5H3. The fourth-order valence-electron chi connectivity index (χ4n) is 3.81. The largest absolute Gasteiger partial charge is 0.497 e. The Bertz CT molecular complexity index is 1250. The number of fused-ring (bicyclic) bond motifs is 1. The minimum atomic E-state index is -3.60. The number of ether oxygens (including phenoxy) is 1. The Morgan fingerprint density at radius 3 is 2.31 bits per heavy atom. The van der Waals surface area contributed by atoms with E-state index in [1.807, 2.05) is 25.1 Å². The van der Waals surface area contributed by atoms with E-state index in [0.29, 0.717) is 36.1 Å². The summed E-state index contributed by atoms with van der Waals surface area (Å²) in [5.74, 6) is 0.498. The molecule has 0 N–H and O–H groups in total. The van der Waals surface area contributed by atoms with E-state index in [-0.39, 0.29) is 10.8 Å². The number of thiazole rings is 1. The van der Waals surface area contributed by atoms with E-state index in [4.69, 9.17) is 9.72 Å². The summed E-state index contributed by atoms with van der Waals surface area (Å²) in [6, 6.07) is 11.9. The molecule has 0 aliphatic rings. The third-order valence-corrected chi connectivity index (χ3v) is 9.16. The molecule has 3 rings (SSSR count). The number of unbranched alkanes of at least 4 members (excludes halogenated alkanes) is 1. The van der Waals surface area contributed by atoms with Gasteiger partial charge in [0.1, 0.15) is 5.75 Å². The minimum absolute atomic E-state index is 0.180. The molecular formula is C26H36N4O4S2. The molecule has 8 nitrogen and oxygen atoms in total. The molecule has 1 heterocycles. The molecule has 1 aromatic heterocycles. The predicted octanol–water partition coefficient (Wildman–Crippen LogP) is 4.71. The van der Waals surface area contributed by atoms with Gasteiger partial charge in [-0.2, -0.15) is 0 Å². The first-order valence-corrected chi connectivity index (χ1v) is 14.6. The smallest absolute Gasteiger partial charge is 0.260 e. The second-order valence-electron chi connectivity index (χ2n) is 8.52. The maximum absolute atomic E-state index is 13.7. The molecule has 0 radical (unpaired) electrons. The van der Waals surface area contributed by atoms with E-state index >= 15 is 0 Å². The highest BCUT2D eigenvalue weighted by molar-refractivity contribution is 7.89. The molecule has 36 heavy (non-hydrogen) atoms. The van der Waals surface area contributed by atoms with Gasteiger partial charge in [0, 0.05) is 38.3 Å². The van der Waals surface area contributed by atoms with Crippen LogP contribution in [0.4, 0.5) is 5.13 Å². The zero-order chi connectivity index (χ0) is 26.3. The highest BCUT2D eigenvalue weighted by Crippen LogP contribution is 2.32. The van der Waals surface area contributed by atoms with Crippen LogP contribution in [0.2, 0.25) is 0 Å². The number of methoxy groups -OCH3 is 1. The summed E-state index contributed by atoms with van der Waals surface area (Å²) in [7, 11) is -0.403. The minimum Gasteiger partial charge on any atom is -0.497 e. The monoisotopic (exact) mass is 532 g/mol. The number of anilines is 1. The number of carbonyl (C=O) groups excluding carboxylic acids is 1. The summed E-state index contributed by atoms with van der Waals surface area (Å²) in [5, 5.41) is 0.603. The molecule has 2 aromatic carbocycles. The summed E-state index contributed by atoms with van der Waals surface area (Å²) in [6.45, 7) is 9.60. The van der Waals surface area contributed by atoms with E-state index in [1.165, 1.54) is 27.8 Å². The lowest BCUT2D eigenvalue weighted by Gasteiger charge is -2.25. The molecular weight excluding hydrogens is 496 g/mol. The van der Waals surface area contributed by atoms with Crippen LogP contribution in [0.3, 0.4) is 0 Å². The number of benzene rings is 2. The Morgan fingerprint density at radius 2 is 1.69 bits per heavy atom. The summed E-state index contributed by atoms with van der Waals surface area (Å²) in [6.07, 6.45) is 1.71. The molecule has 0 saturated heterocycles.